The molecule has 0 unspecified atom stereocenters. The largest absolute Gasteiger partial charge is 0.472 e. The van der Waals surface area contributed by atoms with Crippen LogP contribution in [-0.2, 0) is 16.1 Å². The van der Waals surface area contributed by atoms with Crippen LogP contribution in [0.5, 0.6) is 0 Å². The molecule has 0 radical (unpaired) electrons. The Morgan fingerprint density at radius 1 is 1.21 bits per heavy atom. The van der Waals surface area contributed by atoms with Crippen LogP contribution in [0.1, 0.15) is 12.5 Å². The molecule has 0 spiro atoms. The number of nitrogens with zero attached hydrogens (tertiary/aromatic N) is 1. The molecule has 24 heavy (non-hydrogen) atoms. The number of urea groups is 1. The van der Waals surface area contributed by atoms with Gasteiger partial charge in [-0.3, -0.25) is 4.79 Å². The first-order chi connectivity index (χ1) is 11.6. The van der Waals surface area contributed by atoms with E-state index < -0.39 is 0 Å². The minimum Gasteiger partial charge on any atom is -0.472 e. The first-order valence-electron chi connectivity index (χ1n) is 7.58. The van der Waals surface area contributed by atoms with E-state index >= 15 is 0 Å². The van der Waals surface area contributed by atoms with Crippen molar-refractivity contribution >= 4 is 23.3 Å². The van der Waals surface area contributed by atoms with Gasteiger partial charge in [0.1, 0.15) is 6.61 Å². The van der Waals surface area contributed by atoms with Crippen LogP contribution in [-0.4, -0.2) is 37.1 Å². The van der Waals surface area contributed by atoms with Crippen LogP contribution in [0.25, 0.3) is 0 Å². The second kappa shape index (κ2) is 8.73. The summed E-state index contributed by atoms with van der Waals surface area (Å²) in [5.41, 5.74) is 2.11. The summed E-state index contributed by atoms with van der Waals surface area (Å²) < 4.78 is 9.79. The normalized spacial score (nSPS) is 10.2. The Labute approximate surface area is 140 Å². The van der Waals surface area contributed by atoms with Crippen molar-refractivity contribution in [2.24, 2.45) is 0 Å². The zero-order valence-corrected chi connectivity index (χ0v) is 13.7. The molecule has 3 amide bonds. The predicted molar refractivity (Wildman–Crippen MR) is 90.8 cm³/mol. The van der Waals surface area contributed by atoms with Gasteiger partial charge < -0.3 is 24.7 Å². The van der Waals surface area contributed by atoms with Crippen molar-refractivity contribution in [3.63, 3.8) is 0 Å². The fraction of sp³-hybridized carbons (Fsp3) is 0.294. The fourth-order valence-electron chi connectivity index (χ4n) is 2.14. The minimum absolute atomic E-state index is 0.0229. The molecule has 0 aliphatic carbocycles. The summed E-state index contributed by atoms with van der Waals surface area (Å²) >= 11 is 0. The molecule has 0 saturated carbocycles. The second-order valence-electron chi connectivity index (χ2n) is 5.14. The van der Waals surface area contributed by atoms with E-state index in [1.165, 1.54) is 7.11 Å². The summed E-state index contributed by atoms with van der Waals surface area (Å²) in [4.78, 5) is 25.6. The molecule has 128 valence electrons. The molecule has 0 saturated heterocycles. The maximum atomic E-state index is 12.4. The number of furan rings is 1. The molecule has 2 rings (SSSR count). The van der Waals surface area contributed by atoms with Crippen LogP contribution in [0.3, 0.4) is 0 Å². The van der Waals surface area contributed by atoms with Gasteiger partial charge in [-0.15, -0.1) is 0 Å². The molecule has 0 aliphatic rings. The van der Waals surface area contributed by atoms with Gasteiger partial charge in [0.25, 0.3) is 0 Å². The summed E-state index contributed by atoms with van der Waals surface area (Å²) in [6.07, 6.45) is 3.19. The van der Waals surface area contributed by atoms with Gasteiger partial charge in [0, 0.05) is 30.6 Å². The Bertz CT molecular complexity index is 670. The second-order valence-corrected chi connectivity index (χ2v) is 5.14. The van der Waals surface area contributed by atoms with E-state index in [1.54, 1.807) is 41.7 Å². The summed E-state index contributed by atoms with van der Waals surface area (Å²) in [6, 6.07) is 8.55. The number of hydrogen-bond donors (Lipinski definition) is 2. The molecule has 2 N–H and O–H groups in total. The summed E-state index contributed by atoms with van der Waals surface area (Å²) in [6.45, 7) is 2.90. The highest BCUT2D eigenvalue weighted by molar-refractivity contribution is 5.94. The maximum Gasteiger partial charge on any atom is 0.322 e. The molecule has 1 aromatic carbocycles. The van der Waals surface area contributed by atoms with Crippen LogP contribution in [0, 0.1) is 0 Å². The Morgan fingerprint density at radius 2 is 1.96 bits per heavy atom. The maximum absolute atomic E-state index is 12.4. The number of ether oxygens (including phenoxy) is 1. The van der Waals surface area contributed by atoms with E-state index in [1.807, 2.05) is 13.0 Å². The number of hydrogen-bond acceptors (Lipinski definition) is 4. The van der Waals surface area contributed by atoms with Crippen molar-refractivity contribution in [1.29, 1.82) is 0 Å². The highest BCUT2D eigenvalue weighted by Gasteiger charge is 2.13. The SMILES string of the molecule is CCN(Cc1ccoc1)C(=O)Nc1cccc(NC(=O)COC)c1. The zero-order chi connectivity index (χ0) is 17.4. The Hall–Kier alpha value is -2.80. The van der Waals surface area contributed by atoms with Gasteiger partial charge in [-0.05, 0) is 31.2 Å². The van der Waals surface area contributed by atoms with Crippen LogP contribution in [0.4, 0.5) is 16.2 Å². The quantitative estimate of drug-likeness (QED) is 0.817. The van der Waals surface area contributed by atoms with Crippen molar-refractivity contribution in [2.45, 2.75) is 13.5 Å². The number of nitrogens with one attached hydrogen (secondary N) is 2. The molecule has 2 aromatic rings. The molecular weight excluding hydrogens is 310 g/mol. The molecule has 7 heteroatoms. The standard InChI is InChI=1S/C17H21N3O4/c1-3-20(10-13-7-8-24-11-13)17(22)19-15-6-4-5-14(9-15)18-16(21)12-23-2/h4-9,11H,3,10,12H2,1-2H3,(H,18,21)(H,19,22). The van der Waals surface area contributed by atoms with Gasteiger partial charge in [-0.1, -0.05) is 6.07 Å². The van der Waals surface area contributed by atoms with Crippen LogP contribution in [0.2, 0.25) is 0 Å². The van der Waals surface area contributed by atoms with Crippen molar-refractivity contribution in [3.05, 3.63) is 48.4 Å². The average molecular weight is 331 g/mol. The smallest absolute Gasteiger partial charge is 0.322 e. The molecule has 1 heterocycles. The molecule has 0 bridgehead atoms. The first-order valence-corrected chi connectivity index (χ1v) is 7.58. The lowest BCUT2D eigenvalue weighted by Gasteiger charge is -2.21. The highest BCUT2D eigenvalue weighted by atomic mass is 16.5. The summed E-state index contributed by atoms with van der Waals surface area (Å²) in [7, 11) is 1.45. The number of amides is 3. The van der Waals surface area contributed by atoms with Gasteiger partial charge in [-0.25, -0.2) is 4.79 Å². The monoisotopic (exact) mass is 331 g/mol. The zero-order valence-electron chi connectivity index (χ0n) is 13.7. The number of carbonyl (C=O) groups excluding carboxylic acids is 2. The Kier molecular flexibility index (Phi) is 6.39. The van der Waals surface area contributed by atoms with Crippen molar-refractivity contribution in [3.8, 4) is 0 Å². The molecule has 0 atom stereocenters. The lowest BCUT2D eigenvalue weighted by atomic mass is 10.2. The molecule has 7 nitrogen and oxygen atoms in total. The van der Waals surface area contributed by atoms with Crippen LogP contribution < -0.4 is 10.6 Å². The van der Waals surface area contributed by atoms with Crippen molar-refractivity contribution in [1.82, 2.24) is 4.90 Å². The lowest BCUT2D eigenvalue weighted by Crippen LogP contribution is -2.34. The van der Waals surface area contributed by atoms with Crippen LogP contribution >= 0.6 is 0 Å². The van der Waals surface area contributed by atoms with Crippen molar-refractivity contribution in [2.75, 3.05) is 30.9 Å². The third-order valence-corrected chi connectivity index (χ3v) is 3.30. The van der Waals surface area contributed by atoms with E-state index in [4.69, 9.17) is 9.15 Å². The number of rotatable bonds is 7. The van der Waals surface area contributed by atoms with Gasteiger partial charge >= 0.3 is 6.03 Å². The molecule has 0 aliphatic heterocycles. The van der Waals surface area contributed by atoms with E-state index in [0.717, 1.165) is 5.56 Å². The third-order valence-electron chi connectivity index (χ3n) is 3.30. The van der Waals surface area contributed by atoms with E-state index in [9.17, 15) is 9.59 Å². The summed E-state index contributed by atoms with van der Waals surface area (Å²) in [5.74, 6) is -0.254. The number of benzene rings is 1. The van der Waals surface area contributed by atoms with E-state index in [2.05, 4.69) is 10.6 Å². The topological polar surface area (TPSA) is 83.8 Å². The van der Waals surface area contributed by atoms with Gasteiger partial charge in [0.15, 0.2) is 0 Å². The van der Waals surface area contributed by atoms with Crippen LogP contribution in [0.15, 0.2) is 47.3 Å². The first kappa shape index (κ1) is 17.6. The van der Waals surface area contributed by atoms with Gasteiger partial charge in [0.05, 0.1) is 19.1 Å². The van der Waals surface area contributed by atoms with E-state index in [0.29, 0.717) is 24.5 Å². The molecule has 1 aromatic heterocycles. The average Bonchev–Trinajstić information content (AvgIpc) is 3.06. The number of carbonyl (C=O) groups is 2. The van der Waals surface area contributed by atoms with Crippen molar-refractivity contribution < 1.29 is 18.7 Å². The molecular formula is C17H21N3O4. The molecule has 0 fully saturated rings. The summed E-state index contributed by atoms with van der Waals surface area (Å²) in [5, 5.41) is 5.52. The minimum atomic E-state index is -0.254. The number of methoxy groups -OCH3 is 1. The number of anilines is 2. The van der Waals surface area contributed by atoms with E-state index in [-0.39, 0.29) is 18.5 Å². The lowest BCUT2D eigenvalue weighted by molar-refractivity contribution is -0.119. The predicted octanol–water partition coefficient (Wildman–Crippen LogP) is 2.92. The highest BCUT2D eigenvalue weighted by Crippen LogP contribution is 2.16. The Balaban J connectivity index is 1.98. The van der Waals surface area contributed by atoms with Gasteiger partial charge in [0.2, 0.25) is 5.91 Å². The third kappa shape index (κ3) is 5.13. The van der Waals surface area contributed by atoms with Gasteiger partial charge in [-0.2, -0.15) is 0 Å². The fourth-order valence-corrected chi connectivity index (χ4v) is 2.14. The Morgan fingerprint density at radius 3 is 2.58 bits per heavy atom.